The molecule has 1 aliphatic heterocycles. The minimum Gasteiger partial charge on any atom is -0.496 e. The molecule has 32 heavy (non-hydrogen) atoms. The molecule has 4 aromatic rings. The third-order valence-corrected chi connectivity index (χ3v) is 6.85. The van der Waals surface area contributed by atoms with E-state index >= 15 is 0 Å². The first-order chi connectivity index (χ1) is 15.7. The van der Waals surface area contributed by atoms with E-state index in [-0.39, 0.29) is 0 Å². The van der Waals surface area contributed by atoms with Crippen molar-refractivity contribution in [3.05, 3.63) is 47.8 Å². The quantitative estimate of drug-likeness (QED) is 0.323. The van der Waals surface area contributed by atoms with Crippen molar-refractivity contribution in [1.29, 1.82) is 0 Å². The highest BCUT2D eigenvalue weighted by Crippen LogP contribution is 2.33. The van der Waals surface area contributed by atoms with Gasteiger partial charge in [-0.15, -0.1) is 0 Å². The zero-order valence-corrected chi connectivity index (χ0v) is 19.5. The molecule has 1 fully saturated rings. The molecular weight excluding hydrogens is 422 g/mol. The standard InChI is InChI=1S/C24H27N5O2S/c1-4-20-25-21-22(28(20)2)26-24(27-23(21)29-11-13-31-14-12-29)32-15-16-9-10-19(30-3)18-8-6-5-7-17(16)18/h5-10H,4,11-15H2,1-3H3. The summed E-state index contributed by atoms with van der Waals surface area (Å²) >= 11 is 1.66. The minimum absolute atomic E-state index is 0.708. The summed E-state index contributed by atoms with van der Waals surface area (Å²) in [5.41, 5.74) is 3.01. The first kappa shape index (κ1) is 21.0. The largest absolute Gasteiger partial charge is 0.496 e. The van der Waals surface area contributed by atoms with Gasteiger partial charge in [0.2, 0.25) is 0 Å². The first-order valence-corrected chi connectivity index (χ1v) is 11.9. The Morgan fingerprint density at radius 1 is 1.03 bits per heavy atom. The number of aryl methyl sites for hydroxylation is 2. The fourth-order valence-electron chi connectivity index (χ4n) is 4.23. The summed E-state index contributed by atoms with van der Waals surface area (Å²) in [6.07, 6.45) is 0.857. The van der Waals surface area contributed by atoms with Crippen LogP contribution in [0.4, 0.5) is 5.82 Å². The number of imidazole rings is 1. The fraction of sp³-hybridized carbons (Fsp3) is 0.375. The van der Waals surface area contributed by atoms with E-state index in [1.54, 1.807) is 18.9 Å². The Hall–Kier alpha value is -2.84. The maximum atomic E-state index is 5.55. The van der Waals surface area contributed by atoms with Gasteiger partial charge < -0.3 is 18.9 Å². The lowest BCUT2D eigenvalue weighted by atomic mass is 10.0. The Morgan fingerprint density at radius 3 is 2.56 bits per heavy atom. The van der Waals surface area contributed by atoms with Crippen molar-refractivity contribution in [3.8, 4) is 5.75 Å². The number of anilines is 1. The molecule has 1 saturated heterocycles. The molecule has 2 aromatic heterocycles. The molecule has 166 valence electrons. The summed E-state index contributed by atoms with van der Waals surface area (Å²) in [6.45, 7) is 5.17. The van der Waals surface area contributed by atoms with Gasteiger partial charge in [0.05, 0.1) is 20.3 Å². The van der Waals surface area contributed by atoms with Gasteiger partial charge in [0.25, 0.3) is 0 Å². The van der Waals surface area contributed by atoms with E-state index in [0.29, 0.717) is 13.2 Å². The van der Waals surface area contributed by atoms with Crippen LogP contribution in [0.15, 0.2) is 41.6 Å². The molecule has 0 atom stereocenters. The van der Waals surface area contributed by atoms with Crippen molar-refractivity contribution in [2.45, 2.75) is 24.3 Å². The van der Waals surface area contributed by atoms with Crippen LogP contribution < -0.4 is 9.64 Å². The molecule has 0 spiro atoms. The van der Waals surface area contributed by atoms with Gasteiger partial charge in [0.15, 0.2) is 22.1 Å². The molecule has 8 heteroatoms. The molecule has 7 nitrogen and oxygen atoms in total. The number of rotatable bonds is 6. The highest BCUT2D eigenvalue weighted by molar-refractivity contribution is 7.98. The Bertz CT molecular complexity index is 1270. The maximum absolute atomic E-state index is 5.55. The van der Waals surface area contributed by atoms with Crippen molar-refractivity contribution >= 4 is 39.5 Å². The van der Waals surface area contributed by atoms with E-state index in [1.165, 1.54) is 10.9 Å². The molecule has 0 bridgehead atoms. The Labute approximate surface area is 191 Å². The van der Waals surface area contributed by atoms with E-state index in [0.717, 1.165) is 64.4 Å². The van der Waals surface area contributed by atoms with Crippen molar-refractivity contribution < 1.29 is 9.47 Å². The topological polar surface area (TPSA) is 65.3 Å². The number of methoxy groups -OCH3 is 1. The third kappa shape index (κ3) is 3.78. The van der Waals surface area contributed by atoms with E-state index < -0.39 is 0 Å². The monoisotopic (exact) mass is 449 g/mol. The number of hydrogen-bond donors (Lipinski definition) is 0. The smallest absolute Gasteiger partial charge is 0.191 e. The van der Waals surface area contributed by atoms with Crippen molar-refractivity contribution in [1.82, 2.24) is 19.5 Å². The van der Waals surface area contributed by atoms with Crippen LogP contribution in [0.3, 0.4) is 0 Å². The van der Waals surface area contributed by atoms with Crippen molar-refractivity contribution in [2.24, 2.45) is 7.05 Å². The molecule has 0 unspecified atom stereocenters. The predicted octanol–water partition coefficient (Wildman–Crippen LogP) is 4.22. The van der Waals surface area contributed by atoms with Gasteiger partial charge in [-0.1, -0.05) is 49.0 Å². The summed E-state index contributed by atoms with van der Waals surface area (Å²) in [5.74, 6) is 3.60. The molecular formula is C24H27N5O2S. The minimum atomic E-state index is 0.708. The van der Waals surface area contributed by atoms with Gasteiger partial charge in [0, 0.05) is 37.7 Å². The van der Waals surface area contributed by atoms with E-state index in [1.807, 2.05) is 19.2 Å². The zero-order valence-electron chi connectivity index (χ0n) is 18.7. The molecule has 0 aliphatic carbocycles. The second-order valence-corrected chi connectivity index (χ2v) is 8.75. The molecule has 3 heterocycles. The van der Waals surface area contributed by atoms with Gasteiger partial charge in [-0.2, -0.15) is 0 Å². The summed E-state index contributed by atoms with van der Waals surface area (Å²) < 4.78 is 13.2. The Kier molecular flexibility index (Phi) is 5.89. The van der Waals surface area contributed by atoms with E-state index in [4.69, 9.17) is 24.4 Å². The zero-order chi connectivity index (χ0) is 22.1. The molecule has 2 aromatic carbocycles. The van der Waals surface area contributed by atoms with Crippen LogP contribution >= 0.6 is 11.8 Å². The van der Waals surface area contributed by atoms with Crippen LogP contribution in [-0.4, -0.2) is 52.9 Å². The van der Waals surface area contributed by atoms with Gasteiger partial charge in [-0.25, -0.2) is 15.0 Å². The maximum Gasteiger partial charge on any atom is 0.191 e. The third-order valence-electron chi connectivity index (χ3n) is 5.95. The number of nitrogens with zero attached hydrogens (tertiary/aromatic N) is 5. The Balaban J connectivity index is 1.52. The second kappa shape index (κ2) is 8.96. The van der Waals surface area contributed by atoms with Gasteiger partial charge in [-0.05, 0) is 17.0 Å². The SMILES string of the molecule is CCc1nc2c(N3CCOCC3)nc(SCc3ccc(OC)c4ccccc34)nc2n1C. The van der Waals surface area contributed by atoms with Crippen LogP contribution in [0.5, 0.6) is 5.75 Å². The van der Waals surface area contributed by atoms with Crippen LogP contribution in [0.2, 0.25) is 0 Å². The normalized spacial score (nSPS) is 14.4. The predicted molar refractivity (Wildman–Crippen MR) is 129 cm³/mol. The van der Waals surface area contributed by atoms with Crippen LogP contribution in [0.25, 0.3) is 21.9 Å². The number of ether oxygens (including phenoxy) is 2. The van der Waals surface area contributed by atoms with Gasteiger partial charge >= 0.3 is 0 Å². The molecule has 0 saturated carbocycles. The van der Waals surface area contributed by atoms with E-state index in [9.17, 15) is 0 Å². The summed E-state index contributed by atoms with van der Waals surface area (Å²) in [6, 6.07) is 12.5. The number of hydrogen-bond acceptors (Lipinski definition) is 7. The number of aromatic nitrogens is 4. The summed E-state index contributed by atoms with van der Waals surface area (Å²) in [4.78, 5) is 17.0. The van der Waals surface area contributed by atoms with Gasteiger partial charge in [0.1, 0.15) is 11.6 Å². The van der Waals surface area contributed by atoms with Gasteiger partial charge in [-0.3, -0.25) is 0 Å². The number of morpholine rings is 1. The number of thioether (sulfide) groups is 1. The van der Waals surface area contributed by atoms with Crippen LogP contribution in [-0.2, 0) is 24.0 Å². The molecule has 0 radical (unpaired) electrons. The second-order valence-electron chi connectivity index (χ2n) is 7.80. The van der Waals surface area contributed by atoms with Crippen molar-refractivity contribution in [3.63, 3.8) is 0 Å². The first-order valence-electron chi connectivity index (χ1n) is 10.9. The molecule has 1 aliphatic rings. The number of benzene rings is 2. The summed E-state index contributed by atoms with van der Waals surface area (Å²) in [7, 11) is 3.75. The molecule has 0 N–H and O–H groups in total. The summed E-state index contributed by atoms with van der Waals surface area (Å²) in [5, 5.41) is 3.09. The lowest BCUT2D eigenvalue weighted by Gasteiger charge is -2.28. The lowest BCUT2D eigenvalue weighted by Crippen LogP contribution is -2.37. The highest BCUT2D eigenvalue weighted by Gasteiger charge is 2.22. The average molecular weight is 450 g/mol. The van der Waals surface area contributed by atoms with E-state index in [2.05, 4.69) is 40.7 Å². The molecule has 5 rings (SSSR count). The lowest BCUT2D eigenvalue weighted by molar-refractivity contribution is 0.122. The molecule has 0 amide bonds. The Morgan fingerprint density at radius 2 is 1.81 bits per heavy atom. The van der Waals surface area contributed by atoms with Crippen molar-refractivity contribution in [2.75, 3.05) is 38.3 Å². The highest BCUT2D eigenvalue weighted by atomic mass is 32.2. The van der Waals surface area contributed by atoms with Crippen LogP contribution in [0.1, 0.15) is 18.3 Å². The fourth-order valence-corrected chi connectivity index (χ4v) is 5.07. The average Bonchev–Trinajstić information content (AvgIpc) is 3.18. The van der Waals surface area contributed by atoms with Crippen LogP contribution in [0, 0.1) is 0 Å². The number of fused-ring (bicyclic) bond motifs is 2.